The maximum Gasteiger partial charge on any atom is 0.0571 e. The number of hydrogen-bond donors (Lipinski definition) is 1. The Balaban J connectivity index is 2.03. The highest BCUT2D eigenvalue weighted by molar-refractivity contribution is 5.11. The van der Waals surface area contributed by atoms with E-state index in [9.17, 15) is 5.11 Å². The first-order valence-electron chi connectivity index (χ1n) is 5.72. The van der Waals surface area contributed by atoms with Gasteiger partial charge in [0.1, 0.15) is 0 Å². The standard InChI is InChI=1S/C12H20O/c1-11-3-4-12(2)7-8(6-11)9(13)5-10(11)12/h8-10,13H,3-7H2,1-2H3/t8?,9?,10?,11-,12+. The van der Waals surface area contributed by atoms with Crippen LogP contribution in [0.25, 0.3) is 0 Å². The molecule has 4 rings (SSSR count). The van der Waals surface area contributed by atoms with Gasteiger partial charge >= 0.3 is 0 Å². The monoisotopic (exact) mass is 180 g/mol. The summed E-state index contributed by atoms with van der Waals surface area (Å²) in [7, 11) is 0. The zero-order valence-electron chi connectivity index (χ0n) is 8.71. The molecular formula is C12H20O. The first kappa shape index (κ1) is 8.28. The molecule has 0 radical (unpaired) electrons. The van der Waals surface area contributed by atoms with Crippen LogP contribution in [0.15, 0.2) is 0 Å². The molecule has 0 aliphatic heterocycles. The molecule has 4 aliphatic carbocycles. The van der Waals surface area contributed by atoms with Crippen molar-refractivity contribution in [1.82, 2.24) is 0 Å². The van der Waals surface area contributed by atoms with Gasteiger partial charge in [0.2, 0.25) is 0 Å². The van der Waals surface area contributed by atoms with Crippen LogP contribution in [0.4, 0.5) is 0 Å². The van der Waals surface area contributed by atoms with Crippen molar-refractivity contribution in [2.75, 3.05) is 0 Å². The fourth-order valence-electron chi connectivity index (χ4n) is 4.79. The third-order valence-corrected chi connectivity index (χ3v) is 5.43. The average molecular weight is 180 g/mol. The van der Waals surface area contributed by atoms with Crippen LogP contribution in [0.1, 0.15) is 46.0 Å². The second-order valence-electron chi connectivity index (χ2n) is 6.33. The number of rotatable bonds is 0. The zero-order chi connectivity index (χ0) is 9.27. The van der Waals surface area contributed by atoms with Crippen molar-refractivity contribution in [2.24, 2.45) is 22.7 Å². The first-order valence-corrected chi connectivity index (χ1v) is 5.72. The first-order chi connectivity index (χ1) is 6.04. The zero-order valence-corrected chi connectivity index (χ0v) is 8.71. The summed E-state index contributed by atoms with van der Waals surface area (Å²) >= 11 is 0. The van der Waals surface area contributed by atoms with Crippen molar-refractivity contribution < 1.29 is 5.11 Å². The molecule has 0 heterocycles. The van der Waals surface area contributed by atoms with E-state index in [2.05, 4.69) is 13.8 Å². The van der Waals surface area contributed by atoms with Crippen LogP contribution < -0.4 is 0 Å². The van der Waals surface area contributed by atoms with E-state index >= 15 is 0 Å². The van der Waals surface area contributed by atoms with Gasteiger partial charge in [-0.1, -0.05) is 13.8 Å². The van der Waals surface area contributed by atoms with E-state index in [1.54, 1.807) is 0 Å². The maximum atomic E-state index is 9.89. The third kappa shape index (κ3) is 0.869. The highest BCUT2D eigenvalue weighted by Gasteiger charge is 2.61. The molecule has 0 spiro atoms. The SMILES string of the molecule is C[C@]12CC[C@]3(C)CC(C1)C(O)CC23. The van der Waals surface area contributed by atoms with Crippen molar-refractivity contribution in [3.05, 3.63) is 0 Å². The summed E-state index contributed by atoms with van der Waals surface area (Å²) in [4.78, 5) is 0. The summed E-state index contributed by atoms with van der Waals surface area (Å²) in [5, 5.41) is 9.89. The Bertz CT molecular complexity index is 230. The lowest BCUT2D eigenvalue weighted by Crippen LogP contribution is -2.50. The largest absolute Gasteiger partial charge is 0.393 e. The van der Waals surface area contributed by atoms with E-state index in [4.69, 9.17) is 0 Å². The molecule has 1 heteroatoms. The second-order valence-corrected chi connectivity index (χ2v) is 6.33. The minimum absolute atomic E-state index is 0.0317. The van der Waals surface area contributed by atoms with Crippen LogP contribution >= 0.6 is 0 Å². The number of hydrogen-bond acceptors (Lipinski definition) is 1. The fourth-order valence-corrected chi connectivity index (χ4v) is 4.79. The van der Waals surface area contributed by atoms with Crippen LogP contribution in [0, 0.1) is 22.7 Å². The van der Waals surface area contributed by atoms with Crippen molar-refractivity contribution in [1.29, 1.82) is 0 Å². The molecule has 4 saturated carbocycles. The van der Waals surface area contributed by atoms with Gasteiger partial charge in [0, 0.05) is 0 Å². The Kier molecular flexibility index (Phi) is 1.36. The van der Waals surface area contributed by atoms with Crippen LogP contribution in [0.2, 0.25) is 0 Å². The summed E-state index contributed by atoms with van der Waals surface area (Å²) in [5.41, 5.74) is 1.19. The molecule has 0 aromatic carbocycles. The second kappa shape index (κ2) is 2.13. The van der Waals surface area contributed by atoms with E-state index < -0.39 is 0 Å². The Morgan fingerprint density at radius 2 is 1.62 bits per heavy atom. The minimum atomic E-state index is 0.0317. The topological polar surface area (TPSA) is 20.2 Å². The molecule has 0 saturated heterocycles. The van der Waals surface area contributed by atoms with Crippen molar-refractivity contribution in [2.45, 2.75) is 52.1 Å². The van der Waals surface area contributed by atoms with Gasteiger partial charge in [-0.15, -0.1) is 0 Å². The van der Waals surface area contributed by atoms with Crippen molar-refractivity contribution in [3.8, 4) is 0 Å². The summed E-state index contributed by atoms with van der Waals surface area (Å²) in [6, 6.07) is 0. The molecule has 1 N–H and O–H groups in total. The van der Waals surface area contributed by atoms with Gasteiger partial charge in [-0.2, -0.15) is 0 Å². The Morgan fingerprint density at radius 3 is 2.08 bits per heavy atom. The predicted octanol–water partition coefficient (Wildman–Crippen LogP) is 2.58. The maximum absolute atomic E-state index is 9.89. The van der Waals surface area contributed by atoms with E-state index in [0.29, 0.717) is 16.7 Å². The Hall–Kier alpha value is -0.0400. The van der Waals surface area contributed by atoms with Crippen molar-refractivity contribution in [3.63, 3.8) is 0 Å². The Labute approximate surface area is 80.5 Å². The highest BCUT2D eigenvalue weighted by Crippen LogP contribution is 2.68. The smallest absolute Gasteiger partial charge is 0.0571 e. The molecule has 13 heavy (non-hydrogen) atoms. The molecule has 1 nitrogen and oxygen atoms in total. The fraction of sp³-hybridized carbons (Fsp3) is 1.00. The summed E-state index contributed by atoms with van der Waals surface area (Å²) in [5.74, 6) is 1.45. The molecule has 0 aromatic heterocycles. The molecule has 4 aliphatic rings. The van der Waals surface area contributed by atoms with E-state index in [0.717, 1.165) is 12.3 Å². The van der Waals surface area contributed by atoms with Gasteiger partial charge in [0.15, 0.2) is 0 Å². The molecule has 0 aromatic rings. The average Bonchev–Trinajstić information content (AvgIpc) is 2.25. The molecule has 0 amide bonds. The van der Waals surface area contributed by atoms with E-state index in [1.165, 1.54) is 25.7 Å². The van der Waals surface area contributed by atoms with Gasteiger partial charge in [0.05, 0.1) is 6.10 Å². The van der Waals surface area contributed by atoms with Crippen LogP contribution in [-0.2, 0) is 0 Å². The van der Waals surface area contributed by atoms with Crippen LogP contribution in [0.3, 0.4) is 0 Å². The van der Waals surface area contributed by atoms with Gasteiger partial charge < -0.3 is 5.11 Å². The van der Waals surface area contributed by atoms with E-state index in [-0.39, 0.29) is 6.10 Å². The van der Waals surface area contributed by atoms with Gasteiger partial charge in [0.25, 0.3) is 0 Å². The number of aliphatic hydroxyl groups excluding tert-OH is 1. The molecule has 4 bridgehead atoms. The van der Waals surface area contributed by atoms with Crippen LogP contribution in [-0.4, -0.2) is 11.2 Å². The third-order valence-electron chi connectivity index (χ3n) is 5.43. The number of fused-ring (bicyclic) bond motifs is 1. The molecule has 3 unspecified atom stereocenters. The lowest BCUT2D eigenvalue weighted by Gasteiger charge is -2.55. The van der Waals surface area contributed by atoms with Crippen molar-refractivity contribution >= 4 is 0 Å². The molecule has 5 atom stereocenters. The lowest BCUT2D eigenvalue weighted by atomic mass is 9.51. The molecule has 74 valence electrons. The minimum Gasteiger partial charge on any atom is -0.393 e. The lowest BCUT2D eigenvalue weighted by molar-refractivity contribution is -0.108. The van der Waals surface area contributed by atoms with Gasteiger partial charge in [-0.25, -0.2) is 0 Å². The predicted molar refractivity (Wildman–Crippen MR) is 52.3 cm³/mol. The van der Waals surface area contributed by atoms with Gasteiger partial charge in [-0.05, 0) is 54.8 Å². The van der Waals surface area contributed by atoms with Gasteiger partial charge in [-0.3, -0.25) is 0 Å². The molecule has 4 fully saturated rings. The number of aliphatic hydroxyl groups is 1. The van der Waals surface area contributed by atoms with E-state index in [1.807, 2.05) is 0 Å². The Morgan fingerprint density at radius 1 is 1.08 bits per heavy atom. The quantitative estimate of drug-likeness (QED) is 0.607. The normalized spacial score (nSPS) is 64.4. The summed E-state index contributed by atoms with van der Waals surface area (Å²) in [6.07, 6.45) is 6.55. The highest BCUT2D eigenvalue weighted by atomic mass is 16.3. The summed E-state index contributed by atoms with van der Waals surface area (Å²) in [6.45, 7) is 4.92. The molecular weight excluding hydrogens is 160 g/mol. The summed E-state index contributed by atoms with van der Waals surface area (Å²) < 4.78 is 0. The van der Waals surface area contributed by atoms with Crippen LogP contribution in [0.5, 0.6) is 0 Å².